The first-order valence-corrected chi connectivity index (χ1v) is 21.5. The van der Waals surface area contributed by atoms with E-state index in [9.17, 15) is 0 Å². The van der Waals surface area contributed by atoms with E-state index in [0.717, 1.165) is 55.7 Å². The van der Waals surface area contributed by atoms with Crippen molar-refractivity contribution >= 4 is 50.2 Å². The number of hydrogen-bond acceptors (Lipinski definition) is 2. The van der Waals surface area contributed by atoms with Gasteiger partial charge in [-0.2, -0.15) is 0 Å². The van der Waals surface area contributed by atoms with Crippen LogP contribution >= 0.6 is 11.3 Å². The lowest BCUT2D eigenvalue weighted by Gasteiger charge is -2.26. The van der Waals surface area contributed by atoms with Gasteiger partial charge in [-0.15, -0.1) is 11.3 Å². The summed E-state index contributed by atoms with van der Waals surface area (Å²) >= 11 is 1.82. The first kappa shape index (κ1) is 35.2. The molecule has 0 amide bonds. The topological polar surface area (TPSA) is 8.17 Å². The zero-order valence-corrected chi connectivity index (χ0v) is 34.1. The van der Waals surface area contributed by atoms with Crippen molar-refractivity contribution in [2.75, 3.05) is 4.90 Å². The molecule has 0 bridgehead atoms. The van der Waals surface area contributed by atoms with Crippen molar-refractivity contribution in [2.24, 2.45) is 0 Å². The van der Waals surface area contributed by atoms with E-state index in [4.69, 9.17) is 1.37 Å². The molecule has 288 valence electrons. The van der Waals surface area contributed by atoms with Crippen LogP contribution in [0.25, 0.3) is 81.8 Å². The van der Waals surface area contributed by atoms with E-state index >= 15 is 0 Å². The zero-order chi connectivity index (χ0) is 41.4. The van der Waals surface area contributed by atoms with E-state index in [1.807, 2.05) is 23.5 Å². The van der Waals surface area contributed by atoms with Crippen LogP contribution in [0.1, 0.15) is 1.37 Å². The van der Waals surface area contributed by atoms with Crippen LogP contribution in [-0.2, 0) is 0 Å². The van der Waals surface area contributed by atoms with E-state index in [0.29, 0.717) is 6.04 Å². The molecule has 0 aliphatic rings. The number of para-hydroxylation sites is 1. The van der Waals surface area contributed by atoms with Crippen LogP contribution in [-0.4, -0.2) is 4.57 Å². The van der Waals surface area contributed by atoms with Gasteiger partial charge < -0.3 is 9.47 Å². The predicted octanol–water partition coefficient (Wildman–Crippen LogP) is 16.6. The Kier molecular flexibility index (Phi) is 9.13. The number of fused-ring (bicyclic) bond motifs is 3. The Hall–Kier alpha value is -7.72. The molecular formula is C58H40N2S. The van der Waals surface area contributed by atoms with E-state index in [1.165, 1.54) is 43.1 Å². The van der Waals surface area contributed by atoms with Gasteiger partial charge in [-0.3, -0.25) is 0 Å². The molecule has 9 aromatic carbocycles. The molecule has 0 spiro atoms. The summed E-state index contributed by atoms with van der Waals surface area (Å²) in [6.45, 7) is 0. The van der Waals surface area contributed by atoms with E-state index < -0.39 is 0 Å². The Balaban J connectivity index is 0.953. The number of benzene rings is 9. The van der Waals surface area contributed by atoms with Gasteiger partial charge in [0.2, 0.25) is 0 Å². The molecular weight excluding hydrogens is 757 g/mol. The third-order valence-corrected chi connectivity index (χ3v) is 12.8. The van der Waals surface area contributed by atoms with Gasteiger partial charge in [0.1, 0.15) is 0 Å². The second kappa shape index (κ2) is 15.8. The summed E-state index contributed by atoms with van der Waals surface area (Å²) in [5.41, 5.74) is 16.0. The summed E-state index contributed by atoms with van der Waals surface area (Å²) in [4.78, 5) is 4.82. The Bertz CT molecular complexity index is 3230. The highest BCUT2D eigenvalue weighted by Gasteiger charge is 2.17. The third kappa shape index (κ3) is 7.01. The van der Waals surface area contributed by atoms with Crippen molar-refractivity contribution < 1.29 is 1.37 Å². The molecule has 3 heteroatoms. The van der Waals surface area contributed by atoms with E-state index in [-0.39, 0.29) is 0 Å². The van der Waals surface area contributed by atoms with Crippen molar-refractivity contribution in [3.8, 4) is 59.9 Å². The van der Waals surface area contributed by atoms with Crippen LogP contribution in [0.2, 0.25) is 0 Å². The largest absolute Gasteiger partial charge is 0.311 e. The van der Waals surface area contributed by atoms with Crippen molar-refractivity contribution in [2.45, 2.75) is 0 Å². The smallest absolute Gasteiger partial charge is 0.0623 e. The van der Waals surface area contributed by atoms with Crippen molar-refractivity contribution in [1.82, 2.24) is 4.57 Å². The first-order chi connectivity index (χ1) is 30.6. The fraction of sp³-hybridized carbons (Fsp3) is 0. The van der Waals surface area contributed by atoms with Gasteiger partial charge in [-0.1, -0.05) is 164 Å². The van der Waals surface area contributed by atoms with Crippen LogP contribution in [0.4, 0.5) is 17.1 Å². The summed E-state index contributed by atoms with van der Waals surface area (Å²) in [5, 5.41) is 2.20. The second-order valence-electron chi connectivity index (χ2n) is 15.3. The molecule has 0 saturated heterocycles. The quantitative estimate of drug-likeness (QED) is 0.141. The number of nitrogens with zero attached hydrogens (tertiary/aromatic N) is 2. The molecule has 2 nitrogen and oxygen atoms in total. The van der Waals surface area contributed by atoms with Crippen LogP contribution < -0.4 is 4.90 Å². The average Bonchev–Trinajstić information content (AvgIpc) is 3.97. The minimum atomic E-state index is 0.501. The summed E-state index contributed by atoms with van der Waals surface area (Å²) < 4.78 is 11.0. The monoisotopic (exact) mass is 797 g/mol. The van der Waals surface area contributed by atoms with Crippen molar-refractivity contribution in [3.05, 3.63) is 243 Å². The van der Waals surface area contributed by atoms with Gasteiger partial charge in [0.15, 0.2) is 0 Å². The maximum absolute atomic E-state index is 8.61. The van der Waals surface area contributed by atoms with Gasteiger partial charge >= 0.3 is 0 Å². The number of anilines is 3. The number of thiophene rings is 1. The molecule has 0 fully saturated rings. The lowest BCUT2D eigenvalue weighted by molar-refractivity contribution is 1.18. The lowest BCUT2D eigenvalue weighted by atomic mass is 10.0. The lowest BCUT2D eigenvalue weighted by Crippen LogP contribution is -2.09. The average molecular weight is 798 g/mol. The normalized spacial score (nSPS) is 11.5. The van der Waals surface area contributed by atoms with E-state index in [1.54, 1.807) is 0 Å². The van der Waals surface area contributed by atoms with Gasteiger partial charge in [-0.05, 0) is 123 Å². The number of hydrogen-bond donors (Lipinski definition) is 0. The number of rotatable bonds is 9. The fourth-order valence-corrected chi connectivity index (χ4v) is 9.54. The Morgan fingerprint density at radius 3 is 1.36 bits per heavy atom. The maximum atomic E-state index is 8.61. The van der Waals surface area contributed by atoms with E-state index in [2.05, 4.69) is 234 Å². The summed E-state index contributed by atoms with van der Waals surface area (Å²) in [5.74, 6) is 0. The molecule has 0 N–H and O–H groups in total. The van der Waals surface area contributed by atoms with Crippen molar-refractivity contribution in [1.29, 1.82) is 0 Å². The minimum Gasteiger partial charge on any atom is -0.311 e. The molecule has 0 saturated carbocycles. The third-order valence-electron chi connectivity index (χ3n) is 11.6. The molecule has 61 heavy (non-hydrogen) atoms. The molecule has 0 aliphatic carbocycles. The van der Waals surface area contributed by atoms with Crippen LogP contribution in [0.15, 0.2) is 243 Å². The van der Waals surface area contributed by atoms with Gasteiger partial charge in [-0.25, -0.2) is 0 Å². The highest BCUT2D eigenvalue weighted by atomic mass is 32.1. The van der Waals surface area contributed by atoms with Crippen LogP contribution in [0.3, 0.4) is 0 Å². The molecule has 0 radical (unpaired) electrons. The Morgan fingerprint density at radius 2 is 0.787 bits per heavy atom. The SMILES string of the molecule is [2H]c1ccc2c(c1)c1cc(-c3ccc(N(c4ccc(-c5ccccc5)cc4)c4ccc(-c5ccccc5)cc4)cc3)ccc1n2-c1cccc(-c2ccc(-c3ccccc3)s2)c1. The summed E-state index contributed by atoms with van der Waals surface area (Å²) in [6.07, 6.45) is 0. The molecule has 11 rings (SSSR count). The maximum Gasteiger partial charge on any atom is 0.0623 e. The zero-order valence-electron chi connectivity index (χ0n) is 34.3. The molecule has 11 aromatic rings. The molecule has 0 unspecified atom stereocenters. The van der Waals surface area contributed by atoms with Gasteiger partial charge in [0, 0.05) is 43.3 Å². The van der Waals surface area contributed by atoms with Gasteiger partial charge in [0.05, 0.1) is 12.4 Å². The molecule has 2 heterocycles. The predicted molar refractivity (Wildman–Crippen MR) is 261 cm³/mol. The minimum absolute atomic E-state index is 0.501. The highest BCUT2D eigenvalue weighted by Crippen LogP contribution is 2.41. The molecule has 0 aliphatic heterocycles. The Labute approximate surface area is 361 Å². The highest BCUT2D eigenvalue weighted by molar-refractivity contribution is 7.18. The molecule has 0 atom stereocenters. The summed E-state index contributed by atoms with van der Waals surface area (Å²) in [7, 11) is 0. The Morgan fingerprint density at radius 1 is 0.328 bits per heavy atom. The number of aromatic nitrogens is 1. The van der Waals surface area contributed by atoms with Gasteiger partial charge in [0.25, 0.3) is 0 Å². The summed E-state index contributed by atoms with van der Waals surface area (Å²) in [6, 6.07) is 84.7. The second-order valence-corrected chi connectivity index (χ2v) is 16.4. The van der Waals surface area contributed by atoms with Crippen molar-refractivity contribution in [3.63, 3.8) is 0 Å². The fourth-order valence-electron chi connectivity index (χ4n) is 8.53. The standard InChI is InChI=1S/C58H40N2S/c1-4-13-41(14-5-1)43-23-30-49(31-24-43)59(50-32-25-44(26-33-50)42-15-6-2-7-16-42)51-34-27-45(28-35-51)47-29-36-56-54(40-47)53-21-10-11-22-55(53)60(56)52-20-12-19-48(39-52)58-38-37-57(61-58)46-17-8-3-9-18-46/h1-40H/i10D. The van der Waals surface area contributed by atoms with Crippen LogP contribution in [0, 0.1) is 0 Å². The molecule has 2 aromatic heterocycles. The first-order valence-electron chi connectivity index (χ1n) is 21.2. The van der Waals surface area contributed by atoms with Crippen LogP contribution in [0.5, 0.6) is 0 Å².